The van der Waals surface area contributed by atoms with Gasteiger partial charge < -0.3 is 15.5 Å². The van der Waals surface area contributed by atoms with Crippen LogP contribution in [-0.4, -0.2) is 24.2 Å². The molecule has 104 valence electrons. The first-order chi connectivity index (χ1) is 9.22. The minimum Gasteiger partial charge on any atom is -0.408 e. The Kier molecular flexibility index (Phi) is 4.76. The molecule has 0 aliphatic heterocycles. The van der Waals surface area contributed by atoms with Gasteiger partial charge in [-0.25, -0.2) is 4.79 Å². The molecule has 0 saturated heterocycles. The third-order valence-corrected chi connectivity index (χ3v) is 3.25. The summed E-state index contributed by atoms with van der Waals surface area (Å²) in [7, 11) is 1.73. The number of aromatic nitrogens is 1. The maximum atomic E-state index is 11.4. The largest absolute Gasteiger partial charge is 0.419 e. The summed E-state index contributed by atoms with van der Waals surface area (Å²) in [6, 6.07) is 5.88. The lowest BCUT2D eigenvalue weighted by atomic mass is 10.1. The zero-order chi connectivity index (χ0) is 13.7. The number of nitrogens with one attached hydrogen (secondary N) is 1. The molecule has 0 unspecified atom stereocenters. The molecule has 0 fully saturated rings. The number of hydrogen-bond acceptors (Lipinski definition) is 4. The van der Waals surface area contributed by atoms with E-state index in [1.54, 1.807) is 7.05 Å². The molecular formula is C14H21N3O2. The summed E-state index contributed by atoms with van der Waals surface area (Å²) in [6.45, 7) is 2.69. The molecule has 0 bridgehead atoms. The van der Waals surface area contributed by atoms with Crippen LogP contribution in [0.25, 0.3) is 11.1 Å². The molecule has 19 heavy (non-hydrogen) atoms. The van der Waals surface area contributed by atoms with Gasteiger partial charge in [-0.1, -0.05) is 6.07 Å². The Labute approximate surface area is 112 Å². The summed E-state index contributed by atoms with van der Waals surface area (Å²) >= 11 is 0. The van der Waals surface area contributed by atoms with Crippen molar-refractivity contribution in [3.05, 3.63) is 34.3 Å². The number of fused-ring (bicyclic) bond motifs is 1. The summed E-state index contributed by atoms with van der Waals surface area (Å²) < 4.78 is 6.64. The highest BCUT2D eigenvalue weighted by Gasteiger charge is 2.05. The van der Waals surface area contributed by atoms with Gasteiger partial charge in [0.2, 0.25) is 0 Å². The van der Waals surface area contributed by atoms with Crippen LogP contribution in [0.5, 0.6) is 0 Å². The first kappa shape index (κ1) is 13.8. The molecule has 5 heteroatoms. The lowest BCUT2D eigenvalue weighted by Crippen LogP contribution is -2.19. The van der Waals surface area contributed by atoms with Crippen molar-refractivity contribution in [1.82, 2.24) is 9.88 Å². The Morgan fingerprint density at radius 1 is 1.32 bits per heavy atom. The molecule has 3 N–H and O–H groups in total. The molecule has 0 atom stereocenters. The van der Waals surface area contributed by atoms with Crippen molar-refractivity contribution < 1.29 is 4.42 Å². The van der Waals surface area contributed by atoms with E-state index in [4.69, 9.17) is 10.2 Å². The van der Waals surface area contributed by atoms with Crippen LogP contribution in [0.4, 0.5) is 0 Å². The Balaban J connectivity index is 1.91. The van der Waals surface area contributed by atoms with Crippen LogP contribution >= 0.6 is 0 Å². The number of nitrogens with zero attached hydrogens (tertiary/aromatic N) is 1. The SMILES string of the molecule is Cn1c(=O)oc2ccc(CCNCCCCN)cc21. The lowest BCUT2D eigenvalue weighted by Gasteiger charge is -2.04. The average molecular weight is 263 g/mol. The normalized spacial score (nSPS) is 11.3. The molecule has 0 aliphatic carbocycles. The van der Waals surface area contributed by atoms with Crippen LogP contribution < -0.4 is 16.8 Å². The van der Waals surface area contributed by atoms with Crippen molar-refractivity contribution in [2.24, 2.45) is 12.8 Å². The molecule has 1 aromatic heterocycles. The standard InChI is InChI=1S/C14H21N3O2/c1-17-12-10-11(4-5-13(12)19-14(17)18)6-9-16-8-3-2-7-15/h4-5,10,16H,2-3,6-9,15H2,1H3. The van der Waals surface area contributed by atoms with Crippen LogP contribution in [0.2, 0.25) is 0 Å². The monoisotopic (exact) mass is 263 g/mol. The van der Waals surface area contributed by atoms with Crippen molar-refractivity contribution >= 4 is 11.1 Å². The highest BCUT2D eigenvalue weighted by molar-refractivity contribution is 5.73. The highest BCUT2D eigenvalue weighted by atomic mass is 16.4. The number of oxazole rings is 1. The number of aryl methyl sites for hydroxylation is 1. The molecule has 2 aromatic rings. The van der Waals surface area contributed by atoms with E-state index in [1.165, 1.54) is 10.1 Å². The van der Waals surface area contributed by atoms with Gasteiger partial charge in [-0.05, 0) is 56.6 Å². The number of hydrogen-bond donors (Lipinski definition) is 2. The first-order valence-electron chi connectivity index (χ1n) is 6.71. The third kappa shape index (κ3) is 3.45. The van der Waals surface area contributed by atoms with E-state index in [0.29, 0.717) is 5.58 Å². The van der Waals surface area contributed by atoms with Gasteiger partial charge in [-0.3, -0.25) is 4.57 Å². The second-order valence-corrected chi connectivity index (χ2v) is 4.72. The molecular weight excluding hydrogens is 242 g/mol. The molecule has 5 nitrogen and oxygen atoms in total. The van der Waals surface area contributed by atoms with E-state index < -0.39 is 0 Å². The predicted molar refractivity (Wildman–Crippen MR) is 76.3 cm³/mol. The summed E-state index contributed by atoms with van der Waals surface area (Å²) in [4.78, 5) is 11.4. The van der Waals surface area contributed by atoms with Gasteiger partial charge in [0.15, 0.2) is 5.58 Å². The van der Waals surface area contributed by atoms with Crippen molar-refractivity contribution in [1.29, 1.82) is 0 Å². The Morgan fingerprint density at radius 2 is 2.16 bits per heavy atom. The van der Waals surface area contributed by atoms with E-state index in [0.717, 1.165) is 44.4 Å². The van der Waals surface area contributed by atoms with E-state index in [2.05, 4.69) is 5.32 Å². The van der Waals surface area contributed by atoms with E-state index in [-0.39, 0.29) is 5.76 Å². The molecule has 0 radical (unpaired) electrons. The number of unbranched alkanes of at least 4 members (excludes halogenated alkanes) is 1. The third-order valence-electron chi connectivity index (χ3n) is 3.25. The van der Waals surface area contributed by atoms with Gasteiger partial charge in [-0.15, -0.1) is 0 Å². The quantitative estimate of drug-likeness (QED) is 0.731. The van der Waals surface area contributed by atoms with Gasteiger partial charge in [0.1, 0.15) is 0 Å². The Bertz CT molecular complexity index is 586. The zero-order valence-corrected chi connectivity index (χ0v) is 11.3. The van der Waals surface area contributed by atoms with Gasteiger partial charge in [0, 0.05) is 7.05 Å². The summed E-state index contributed by atoms with van der Waals surface area (Å²) in [5.74, 6) is -0.313. The number of rotatable bonds is 7. The van der Waals surface area contributed by atoms with Crippen LogP contribution in [0.1, 0.15) is 18.4 Å². The van der Waals surface area contributed by atoms with Crippen molar-refractivity contribution in [3.8, 4) is 0 Å². The predicted octanol–water partition coefficient (Wildman–Crippen LogP) is 1.00. The summed E-state index contributed by atoms with van der Waals surface area (Å²) in [6.07, 6.45) is 3.12. The highest BCUT2D eigenvalue weighted by Crippen LogP contribution is 2.14. The molecule has 0 amide bonds. The summed E-state index contributed by atoms with van der Waals surface area (Å²) in [5, 5.41) is 3.39. The molecule has 1 heterocycles. The fourth-order valence-corrected chi connectivity index (χ4v) is 2.08. The molecule has 1 aromatic carbocycles. The molecule has 0 aliphatic rings. The smallest absolute Gasteiger partial charge is 0.408 e. The van der Waals surface area contributed by atoms with Gasteiger partial charge in [-0.2, -0.15) is 0 Å². The number of benzene rings is 1. The van der Waals surface area contributed by atoms with Crippen LogP contribution in [0, 0.1) is 0 Å². The fraction of sp³-hybridized carbons (Fsp3) is 0.500. The number of nitrogens with two attached hydrogens (primary N) is 1. The minimum absolute atomic E-state index is 0.313. The second kappa shape index (κ2) is 6.54. The Morgan fingerprint density at radius 3 is 2.95 bits per heavy atom. The van der Waals surface area contributed by atoms with Crippen molar-refractivity contribution in [3.63, 3.8) is 0 Å². The van der Waals surface area contributed by atoms with Crippen molar-refractivity contribution in [2.45, 2.75) is 19.3 Å². The maximum Gasteiger partial charge on any atom is 0.419 e. The van der Waals surface area contributed by atoms with Crippen LogP contribution in [0.3, 0.4) is 0 Å². The summed E-state index contributed by atoms with van der Waals surface area (Å²) in [5.41, 5.74) is 8.14. The van der Waals surface area contributed by atoms with Gasteiger partial charge in [0.05, 0.1) is 5.52 Å². The topological polar surface area (TPSA) is 73.2 Å². The van der Waals surface area contributed by atoms with Gasteiger partial charge in [0.25, 0.3) is 0 Å². The van der Waals surface area contributed by atoms with Crippen LogP contribution in [-0.2, 0) is 13.5 Å². The van der Waals surface area contributed by atoms with E-state index in [1.807, 2.05) is 18.2 Å². The molecule has 0 saturated carbocycles. The maximum absolute atomic E-state index is 11.4. The van der Waals surface area contributed by atoms with Crippen molar-refractivity contribution in [2.75, 3.05) is 19.6 Å². The zero-order valence-electron chi connectivity index (χ0n) is 11.3. The molecule has 0 spiro atoms. The first-order valence-corrected chi connectivity index (χ1v) is 6.71. The Hall–Kier alpha value is -1.59. The molecule has 2 rings (SSSR count). The van der Waals surface area contributed by atoms with Gasteiger partial charge >= 0.3 is 5.76 Å². The minimum atomic E-state index is -0.313. The second-order valence-electron chi connectivity index (χ2n) is 4.72. The van der Waals surface area contributed by atoms with Crippen LogP contribution in [0.15, 0.2) is 27.4 Å². The fourth-order valence-electron chi connectivity index (χ4n) is 2.08. The van der Waals surface area contributed by atoms with E-state index >= 15 is 0 Å². The average Bonchev–Trinajstić information content (AvgIpc) is 2.70. The lowest BCUT2D eigenvalue weighted by molar-refractivity contribution is 0.528. The van der Waals surface area contributed by atoms with E-state index in [9.17, 15) is 4.79 Å².